The summed E-state index contributed by atoms with van der Waals surface area (Å²) in [4.78, 5) is 11.5. The molecule has 1 aliphatic carbocycles. The fraction of sp³-hybridized carbons (Fsp3) is 0.267. The molecule has 1 aromatic carbocycles. The Kier molecular flexibility index (Phi) is 3.19. The van der Waals surface area contributed by atoms with E-state index in [-0.39, 0.29) is 11.1 Å². The molecule has 24 heavy (non-hydrogen) atoms. The molecule has 1 unspecified atom stereocenters. The highest BCUT2D eigenvalue weighted by atomic mass is 19.4. The summed E-state index contributed by atoms with van der Waals surface area (Å²) in [5.41, 5.74) is -6.52. The number of halogens is 6. The minimum atomic E-state index is -5.54. The molecule has 3 nitrogen and oxygen atoms in total. The third-order valence-corrected chi connectivity index (χ3v) is 4.10. The summed E-state index contributed by atoms with van der Waals surface area (Å²) >= 11 is 0. The number of nitrogens with zero attached hydrogens (tertiary/aromatic N) is 1. The Morgan fingerprint density at radius 2 is 1.71 bits per heavy atom. The maximum Gasteiger partial charge on any atom is 0.454 e. The summed E-state index contributed by atoms with van der Waals surface area (Å²) in [6.45, 7) is 0. The van der Waals surface area contributed by atoms with E-state index in [1.807, 2.05) is 0 Å². The lowest BCUT2D eigenvalue weighted by molar-refractivity contribution is -0.250. The van der Waals surface area contributed by atoms with Crippen molar-refractivity contribution in [1.82, 2.24) is 4.57 Å². The van der Waals surface area contributed by atoms with E-state index in [2.05, 4.69) is 0 Å². The molecule has 0 saturated heterocycles. The molecule has 0 saturated carbocycles. The number of para-hydroxylation sites is 1. The first-order valence-electron chi connectivity index (χ1n) is 6.61. The van der Waals surface area contributed by atoms with Crippen molar-refractivity contribution in [3.8, 4) is 0 Å². The maximum absolute atomic E-state index is 13.5. The van der Waals surface area contributed by atoms with Crippen LogP contribution in [-0.2, 0) is 17.4 Å². The largest absolute Gasteiger partial charge is 0.454 e. The molecule has 3 rings (SSSR count). The molecule has 0 aliphatic heterocycles. The predicted molar refractivity (Wildman–Crippen MR) is 71.9 cm³/mol. The average molecular weight is 349 g/mol. The number of aromatic nitrogens is 1. The summed E-state index contributed by atoms with van der Waals surface area (Å²) in [5, 5.41) is 10.2. The molecule has 1 aliphatic rings. The molecular weight excluding hydrogens is 340 g/mol. The van der Waals surface area contributed by atoms with Crippen molar-refractivity contribution >= 4 is 22.8 Å². The van der Waals surface area contributed by atoms with Crippen molar-refractivity contribution < 1.29 is 36.2 Å². The van der Waals surface area contributed by atoms with Crippen molar-refractivity contribution in [2.45, 2.75) is 18.0 Å². The van der Waals surface area contributed by atoms with E-state index in [1.54, 1.807) is 0 Å². The second-order valence-corrected chi connectivity index (χ2v) is 5.43. The zero-order valence-electron chi connectivity index (χ0n) is 12.0. The lowest BCUT2D eigenvalue weighted by Gasteiger charge is -2.29. The highest BCUT2D eigenvalue weighted by molar-refractivity contribution is 6.09. The number of aryl methyl sites for hydroxylation is 1. The highest BCUT2D eigenvalue weighted by Crippen LogP contribution is 2.54. The number of Topliss-reactive ketones (excluding diaryl/α,β-unsaturated/α-hetero) is 1. The molecule has 0 radical (unpaired) electrons. The summed E-state index contributed by atoms with van der Waals surface area (Å²) in [6, 6.07) is 5.64. The average Bonchev–Trinajstić information content (AvgIpc) is 2.92. The molecule has 0 bridgehead atoms. The second kappa shape index (κ2) is 4.62. The van der Waals surface area contributed by atoms with Crippen molar-refractivity contribution in [3.63, 3.8) is 0 Å². The molecule has 2 aromatic rings. The molecule has 1 aromatic heterocycles. The minimum absolute atomic E-state index is 0.0731. The van der Waals surface area contributed by atoms with E-state index in [4.69, 9.17) is 0 Å². The molecular formula is C15H9F6NO2. The number of alkyl halides is 6. The van der Waals surface area contributed by atoms with Crippen LogP contribution in [0.2, 0.25) is 0 Å². The Hall–Kier alpha value is -2.29. The van der Waals surface area contributed by atoms with E-state index in [0.29, 0.717) is 11.6 Å². The van der Waals surface area contributed by atoms with Gasteiger partial charge in [0.15, 0.2) is 0 Å². The van der Waals surface area contributed by atoms with Gasteiger partial charge in [0.05, 0.1) is 5.57 Å². The van der Waals surface area contributed by atoms with Gasteiger partial charge in [0.25, 0.3) is 5.78 Å². The number of carbonyl (C=O) groups excluding carboxylic acids is 1. The number of benzene rings is 1. The third kappa shape index (κ3) is 1.94. The first kappa shape index (κ1) is 16.6. The van der Waals surface area contributed by atoms with Gasteiger partial charge in [-0.15, -0.1) is 0 Å². The van der Waals surface area contributed by atoms with Gasteiger partial charge in [0.2, 0.25) is 5.60 Å². The second-order valence-electron chi connectivity index (χ2n) is 5.43. The number of aliphatic hydroxyl groups is 1. The summed E-state index contributed by atoms with van der Waals surface area (Å²) in [5.74, 6) is -2.72. The molecule has 1 atom stereocenters. The molecule has 0 amide bonds. The van der Waals surface area contributed by atoms with Gasteiger partial charge in [0, 0.05) is 29.2 Å². The number of hydrogen-bond acceptors (Lipinski definition) is 2. The molecule has 9 heteroatoms. The Morgan fingerprint density at radius 1 is 1.12 bits per heavy atom. The van der Waals surface area contributed by atoms with E-state index < -0.39 is 34.9 Å². The van der Waals surface area contributed by atoms with Crippen LogP contribution in [0.1, 0.15) is 11.3 Å². The van der Waals surface area contributed by atoms with Crippen LogP contribution in [0.5, 0.6) is 0 Å². The van der Waals surface area contributed by atoms with E-state index in [0.717, 1.165) is 0 Å². The van der Waals surface area contributed by atoms with E-state index in [9.17, 15) is 36.2 Å². The SMILES string of the molecule is Cn1c2c(c3ccccc31)C(O)(C(F)(F)F)C(C(=O)C(F)(F)F)=C2. The normalized spacial score (nSPS) is 21.1. The molecule has 128 valence electrons. The Bertz CT molecular complexity index is 890. The quantitative estimate of drug-likeness (QED) is 0.802. The first-order chi connectivity index (χ1) is 10.9. The lowest BCUT2D eigenvalue weighted by Crippen LogP contribution is -2.46. The predicted octanol–water partition coefficient (Wildman–Crippen LogP) is 3.46. The number of ketones is 1. The molecule has 1 heterocycles. The molecule has 0 spiro atoms. The zero-order valence-corrected chi connectivity index (χ0v) is 12.0. The summed E-state index contributed by atoms with van der Waals surface area (Å²) in [7, 11) is 1.34. The van der Waals surface area contributed by atoms with Crippen LogP contribution in [0.4, 0.5) is 26.3 Å². The summed E-state index contributed by atoms with van der Waals surface area (Å²) < 4.78 is 79.9. The van der Waals surface area contributed by atoms with Gasteiger partial charge in [-0.25, -0.2) is 0 Å². The monoisotopic (exact) mass is 349 g/mol. The van der Waals surface area contributed by atoms with Gasteiger partial charge in [0.1, 0.15) is 0 Å². The van der Waals surface area contributed by atoms with E-state index in [1.165, 1.54) is 35.9 Å². The lowest BCUT2D eigenvalue weighted by atomic mass is 9.86. The smallest absolute Gasteiger partial charge is 0.372 e. The van der Waals surface area contributed by atoms with Gasteiger partial charge in [-0.2, -0.15) is 26.3 Å². The van der Waals surface area contributed by atoms with Crippen LogP contribution in [0.25, 0.3) is 17.0 Å². The van der Waals surface area contributed by atoms with E-state index >= 15 is 0 Å². The maximum atomic E-state index is 13.5. The van der Waals surface area contributed by atoms with Crippen LogP contribution >= 0.6 is 0 Å². The van der Waals surface area contributed by atoms with Gasteiger partial charge >= 0.3 is 12.4 Å². The van der Waals surface area contributed by atoms with Crippen LogP contribution < -0.4 is 0 Å². The van der Waals surface area contributed by atoms with Gasteiger partial charge in [-0.1, -0.05) is 18.2 Å². The van der Waals surface area contributed by atoms with Crippen molar-refractivity contribution in [3.05, 3.63) is 41.1 Å². The number of hydrogen-bond donors (Lipinski definition) is 1. The standard InChI is InChI=1S/C15H9F6NO2/c1-22-9-5-3-2-4-7(9)11-10(22)6-8(12(23)14(16,17)18)13(11,24)15(19,20)21/h2-6,24H,1H3. The van der Waals surface area contributed by atoms with Gasteiger partial charge in [-0.05, 0) is 12.1 Å². The third-order valence-electron chi connectivity index (χ3n) is 4.10. The Labute approximate surface area is 130 Å². The van der Waals surface area contributed by atoms with Gasteiger partial charge in [-0.3, -0.25) is 4.79 Å². The van der Waals surface area contributed by atoms with Crippen molar-refractivity contribution in [1.29, 1.82) is 0 Å². The van der Waals surface area contributed by atoms with Crippen molar-refractivity contribution in [2.24, 2.45) is 7.05 Å². The Morgan fingerprint density at radius 3 is 2.25 bits per heavy atom. The first-order valence-corrected chi connectivity index (χ1v) is 6.61. The molecule has 1 N–H and O–H groups in total. The topological polar surface area (TPSA) is 42.2 Å². The number of rotatable bonds is 1. The van der Waals surface area contributed by atoms with Crippen LogP contribution in [0.15, 0.2) is 29.8 Å². The Balaban J connectivity index is 2.40. The highest BCUT2D eigenvalue weighted by Gasteiger charge is 2.66. The number of fused-ring (bicyclic) bond motifs is 3. The minimum Gasteiger partial charge on any atom is -0.372 e. The van der Waals surface area contributed by atoms with Crippen LogP contribution in [-0.4, -0.2) is 27.8 Å². The fourth-order valence-electron chi connectivity index (χ4n) is 3.02. The van der Waals surface area contributed by atoms with Gasteiger partial charge < -0.3 is 9.67 Å². The van der Waals surface area contributed by atoms with Crippen LogP contribution in [0.3, 0.4) is 0 Å². The fourth-order valence-corrected chi connectivity index (χ4v) is 3.02. The van der Waals surface area contributed by atoms with Crippen molar-refractivity contribution in [2.75, 3.05) is 0 Å². The molecule has 0 fully saturated rings. The zero-order chi connectivity index (χ0) is 18.1. The number of carbonyl (C=O) groups is 1. The summed E-state index contributed by atoms with van der Waals surface area (Å²) in [6.07, 6.45) is -10.6. The van der Waals surface area contributed by atoms with Crippen LogP contribution in [0, 0.1) is 0 Å².